The van der Waals surface area contributed by atoms with Gasteiger partial charge in [-0.15, -0.1) is 11.3 Å². The van der Waals surface area contributed by atoms with Gasteiger partial charge >= 0.3 is 0 Å². The highest BCUT2D eigenvalue weighted by molar-refractivity contribution is 9.10. The molecule has 1 atom stereocenters. The lowest BCUT2D eigenvalue weighted by Gasteiger charge is -2.33. The van der Waals surface area contributed by atoms with E-state index >= 15 is 0 Å². The predicted molar refractivity (Wildman–Crippen MR) is 86.1 cm³/mol. The minimum Gasteiger partial charge on any atom is -0.389 e. The molecule has 0 aliphatic heterocycles. The maximum absolute atomic E-state index is 9.32. The van der Waals surface area contributed by atoms with E-state index in [9.17, 15) is 5.11 Å². The second-order valence-electron chi connectivity index (χ2n) is 5.43. The molecule has 1 fully saturated rings. The van der Waals surface area contributed by atoms with Gasteiger partial charge in [0, 0.05) is 15.3 Å². The molecule has 2 nitrogen and oxygen atoms in total. The van der Waals surface area contributed by atoms with Gasteiger partial charge < -0.3 is 5.11 Å². The average Bonchev–Trinajstić information content (AvgIpc) is 2.74. The second kappa shape index (κ2) is 5.96. The van der Waals surface area contributed by atoms with E-state index in [4.69, 9.17) is 4.98 Å². The molecule has 20 heavy (non-hydrogen) atoms. The number of hydrogen-bond acceptors (Lipinski definition) is 3. The van der Waals surface area contributed by atoms with Gasteiger partial charge in [0.05, 0.1) is 12.3 Å². The third-order valence-electron chi connectivity index (χ3n) is 4.14. The zero-order valence-electron chi connectivity index (χ0n) is 11.5. The quantitative estimate of drug-likeness (QED) is 0.870. The second-order valence-corrected chi connectivity index (χ2v) is 7.63. The first-order chi connectivity index (χ1) is 9.69. The molecule has 1 aliphatic rings. The zero-order valence-corrected chi connectivity index (χ0v) is 13.9. The minimum absolute atomic E-state index is 0.0430. The monoisotopic (exact) mass is 351 g/mol. The maximum atomic E-state index is 9.32. The number of benzene rings is 1. The largest absolute Gasteiger partial charge is 0.389 e. The minimum atomic E-state index is 0.0430. The van der Waals surface area contributed by atoms with Gasteiger partial charge in [-0.2, -0.15) is 0 Å². The number of hydrogen-bond donors (Lipinski definition) is 1. The third kappa shape index (κ3) is 2.69. The summed E-state index contributed by atoms with van der Waals surface area (Å²) in [5.41, 5.74) is 2.50. The average molecular weight is 352 g/mol. The smallest absolute Gasteiger partial charge is 0.119 e. The van der Waals surface area contributed by atoms with Crippen molar-refractivity contribution in [1.82, 2.24) is 4.98 Å². The van der Waals surface area contributed by atoms with Crippen LogP contribution in [0.4, 0.5) is 0 Å². The van der Waals surface area contributed by atoms with Crippen molar-refractivity contribution in [3.05, 3.63) is 49.9 Å². The van der Waals surface area contributed by atoms with E-state index in [0.717, 1.165) is 9.48 Å². The summed E-state index contributed by atoms with van der Waals surface area (Å²) in [4.78, 5) is 5.93. The highest BCUT2D eigenvalue weighted by atomic mass is 79.9. The molecule has 1 aromatic carbocycles. The van der Waals surface area contributed by atoms with Crippen LogP contribution in [-0.2, 0) is 6.61 Å². The highest BCUT2D eigenvalue weighted by Crippen LogP contribution is 2.45. The molecule has 0 bridgehead atoms. The van der Waals surface area contributed by atoms with Crippen LogP contribution in [0, 0.1) is 12.8 Å². The Hall–Kier alpha value is -0.710. The van der Waals surface area contributed by atoms with Crippen LogP contribution in [0.3, 0.4) is 0 Å². The molecule has 0 radical (unpaired) electrons. The van der Waals surface area contributed by atoms with Crippen LogP contribution in [0.5, 0.6) is 0 Å². The van der Waals surface area contributed by atoms with Gasteiger partial charge in [0.15, 0.2) is 0 Å². The Morgan fingerprint density at radius 1 is 1.45 bits per heavy atom. The van der Waals surface area contributed by atoms with Crippen LogP contribution in [0.25, 0.3) is 0 Å². The van der Waals surface area contributed by atoms with Gasteiger partial charge in [0.25, 0.3) is 0 Å². The predicted octanol–water partition coefficient (Wildman–Crippen LogP) is 4.64. The lowest BCUT2D eigenvalue weighted by molar-refractivity contribution is 0.273. The van der Waals surface area contributed by atoms with Crippen LogP contribution in [0.15, 0.2) is 28.7 Å². The molecule has 1 aliphatic carbocycles. The number of aliphatic hydroxyl groups is 1. The SMILES string of the molecule is Cc1sc(CO)nc1C(c1cccc(Br)c1)C1CCC1. The zero-order chi connectivity index (χ0) is 14.1. The maximum Gasteiger partial charge on any atom is 0.119 e. The van der Waals surface area contributed by atoms with Crippen LogP contribution < -0.4 is 0 Å². The number of thiazole rings is 1. The summed E-state index contributed by atoms with van der Waals surface area (Å²) in [6.07, 6.45) is 3.89. The van der Waals surface area contributed by atoms with Crippen molar-refractivity contribution in [2.75, 3.05) is 0 Å². The van der Waals surface area contributed by atoms with Gasteiger partial charge in [-0.25, -0.2) is 4.98 Å². The number of nitrogens with zero attached hydrogens (tertiary/aromatic N) is 1. The normalized spacial score (nSPS) is 16.9. The Bertz CT molecular complexity index is 606. The van der Waals surface area contributed by atoms with E-state index in [2.05, 4.69) is 47.1 Å². The van der Waals surface area contributed by atoms with E-state index in [-0.39, 0.29) is 6.61 Å². The lowest BCUT2D eigenvalue weighted by atomic mass is 9.71. The van der Waals surface area contributed by atoms with Gasteiger partial charge in [0.2, 0.25) is 0 Å². The van der Waals surface area contributed by atoms with Gasteiger partial charge in [-0.1, -0.05) is 34.5 Å². The molecule has 1 saturated carbocycles. The molecule has 2 aromatic rings. The molecule has 1 N–H and O–H groups in total. The van der Waals surface area contributed by atoms with E-state index in [1.54, 1.807) is 11.3 Å². The number of halogens is 1. The number of aliphatic hydroxyl groups excluding tert-OH is 1. The molecule has 0 spiro atoms. The first-order valence-electron chi connectivity index (χ1n) is 7.01. The summed E-state index contributed by atoms with van der Waals surface area (Å²) in [7, 11) is 0. The fourth-order valence-electron chi connectivity index (χ4n) is 2.95. The van der Waals surface area contributed by atoms with E-state index < -0.39 is 0 Å². The third-order valence-corrected chi connectivity index (χ3v) is 5.60. The number of rotatable bonds is 4. The molecule has 0 saturated heterocycles. The molecular formula is C16H18BrNOS. The van der Waals surface area contributed by atoms with Crippen molar-refractivity contribution in [3.8, 4) is 0 Å². The summed E-state index contributed by atoms with van der Waals surface area (Å²) in [5.74, 6) is 1.06. The van der Waals surface area contributed by atoms with Gasteiger partial charge in [-0.3, -0.25) is 0 Å². The number of aromatic nitrogens is 1. The van der Waals surface area contributed by atoms with Crippen LogP contribution in [0.1, 0.15) is 46.3 Å². The molecule has 1 unspecified atom stereocenters. The highest BCUT2D eigenvalue weighted by Gasteiger charge is 2.32. The van der Waals surface area contributed by atoms with Crippen LogP contribution in [-0.4, -0.2) is 10.1 Å². The molecule has 4 heteroatoms. The van der Waals surface area contributed by atoms with Crippen LogP contribution in [0.2, 0.25) is 0 Å². The van der Waals surface area contributed by atoms with Crippen LogP contribution >= 0.6 is 27.3 Å². The summed E-state index contributed by atoms with van der Waals surface area (Å²) >= 11 is 5.19. The van der Waals surface area contributed by atoms with E-state index in [1.807, 2.05) is 0 Å². The Balaban J connectivity index is 2.03. The first kappa shape index (κ1) is 14.2. The summed E-state index contributed by atoms with van der Waals surface area (Å²) < 4.78 is 1.12. The molecule has 3 rings (SSSR count). The molecule has 106 valence electrons. The molecular weight excluding hydrogens is 334 g/mol. The Morgan fingerprint density at radius 3 is 2.80 bits per heavy atom. The van der Waals surface area contributed by atoms with E-state index in [1.165, 1.54) is 35.4 Å². The van der Waals surface area contributed by atoms with Crippen molar-refractivity contribution in [2.24, 2.45) is 5.92 Å². The molecule has 0 amide bonds. The Morgan fingerprint density at radius 2 is 2.25 bits per heavy atom. The standard InChI is InChI=1S/C16H18BrNOS/c1-10-16(18-14(9-19)20-10)15(11-4-2-5-11)12-6-3-7-13(17)8-12/h3,6-8,11,15,19H,2,4-5,9H2,1H3. The fraction of sp³-hybridized carbons (Fsp3) is 0.438. The lowest BCUT2D eigenvalue weighted by Crippen LogP contribution is -2.22. The van der Waals surface area contributed by atoms with Gasteiger partial charge in [0.1, 0.15) is 5.01 Å². The topological polar surface area (TPSA) is 33.1 Å². The summed E-state index contributed by atoms with van der Waals surface area (Å²) in [5, 5.41) is 10.2. The molecule has 1 aromatic heterocycles. The Kier molecular flexibility index (Phi) is 4.24. The summed E-state index contributed by atoms with van der Waals surface area (Å²) in [6, 6.07) is 8.57. The number of aryl methyl sites for hydroxylation is 1. The van der Waals surface area contributed by atoms with Crippen molar-refractivity contribution in [3.63, 3.8) is 0 Å². The molecule has 1 heterocycles. The first-order valence-corrected chi connectivity index (χ1v) is 8.62. The Labute approximate surface area is 132 Å². The van der Waals surface area contributed by atoms with Crippen molar-refractivity contribution < 1.29 is 5.11 Å². The van der Waals surface area contributed by atoms with Crippen molar-refractivity contribution >= 4 is 27.3 Å². The van der Waals surface area contributed by atoms with Gasteiger partial charge in [-0.05, 0) is 43.4 Å². The summed E-state index contributed by atoms with van der Waals surface area (Å²) in [6.45, 7) is 2.16. The fourth-order valence-corrected chi connectivity index (χ4v) is 4.20. The van der Waals surface area contributed by atoms with Crippen molar-refractivity contribution in [2.45, 2.75) is 38.7 Å². The van der Waals surface area contributed by atoms with E-state index in [0.29, 0.717) is 11.8 Å². The van der Waals surface area contributed by atoms with Crippen molar-refractivity contribution in [1.29, 1.82) is 0 Å².